The van der Waals surface area contributed by atoms with Gasteiger partial charge in [-0.2, -0.15) is 0 Å². The fraction of sp³-hybridized carbons (Fsp3) is 0.647. The minimum atomic E-state index is 0.271. The van der Waals surface area contributed by atoms with Crippen LogP contribution >= 0.6 is 0 Å². The van der Waals surface area contributed by atoms with E-state index in [9.17, 15) is 0 Å². The molecule has 3 N–H and O–H groups in total. The summed E-state index contributed by atoms with van der Waals surface area (Å²) in [6, 6.07) is 8.90. The Morgan fingerprint density at radius 2 is 1.95 bits per heavy atom. The average molecular weight is 292 g/mol. The quantitative estimate of drug-likeness (QED) is 0.690. The Morgan fingerprint density at radius 3 is 2.52 bits per heavy atom. The number of nitrogens with two attached hydrogens (primary N) is 1. The molecular formula is C17H28N2O2. The SMILES string of the molecule is NCCc1ccc(OCCN(CCCO)C2CCC2)cc1. The first-order chi connectivity index (χ1) is 10.3. The van der Waals surface area contributed by atoms with Crippen LogP contribution in [-0.4, -0.2) is 48.9 Å². The van der Waals surface area contributed by atoms with Gasteiger partial charge in [-0.05, 0) is 49.9 Å². The van der Waals surface area contributed by atoms with E-state index in [2.05, 4.69) is 17.0 Å². The second kappa shape index (κ2) is 9.03. The molecule has 1 saturated carbocycles. The molecule has 0 atom stereocenters. The minimum Gasteiger partial charge on any atom is -0.492 e. The largest absolute Gasteiger partial charge is 0.492 e. The first-order valence-corrected chi connectivity index (χ1v) is 8.10. The number of ether oxygens (including phenoxy) is 1. The summed E-state index contributed by atoms with van der Waals surface area (Å²) in [4.78, 5) is 2.46. The predicted molar refractivity (Wildman–Crippen MR) is 85.6 cm³/mol. The summed E-state index contributed by atoms with van der Waals surface area (Å²) < 4.78 is 5.83. The van der Waals surface area contributed by atoms with E-state index in [-0.39, 0.29) is 6.61 Å². The Balaban J connectivity index is 1.72. The van der Waals surface area contributed by atoms with Crippen molar-refractivity contribution in [2.24, 2.45) is 5.73 Å². The van der Waals surface area contributed by atoms with E-state index in [1.54, 1.807) is 0 Å². The zero-order chi connectivity index (χ0) is 14.9. The highest BCUT2D eigenvalue weighted by Crippen LogP contribution is 2.24. The maximum atomic E-state index is 8.99. The van der Waals surface area contributed by atoms with Gasteiger partial charge in [0.25, 0.3) is 0 Å². The van der Waals surface area contributed by atoms with Crippen molar-refractivity contribution in [3.63, 3.8) is 0 Å². The van der Waals surface area contributed by atoms with E-state index in [0.29, 0.717) is 19.2 Å². The van der Waals surface area contributed by atoms with E-state index in [4.69, 9.17) is 15.6 Å². The molecule has 0 radical (unpaired) electrons. The van der Waals surface area contributed by atoms with Crippen LogP contribution in [0.3, 0.4) is 0 Å². The molecule has 118 valence electrons. The lowest BCUT2D eigenvalue weighted by Crippen LogP contribution is -2.43. The van der Waals surface area contributed by atoms with Crippen LogP contribution in [0.4, 0.5) is 0 Å². The van der Waals surface area contributed by atoms with Gasteiger partial charge >= 0.3 is 0 Å². The van der Waals surface area contributed by atoms with Crippen LogP contribution in [0.2, 0.25) is 0 Å². The second-order valence-corrected chi connectivity index (χ2v) is 5.73. The Bertz CT molecular complexity index is 390. The molecule has 1 fully saturated rings. The molecule has 0 amide bonds. The molecule has 4 nitrogen and oxygen atoms in total. The standard InChI is InChI=1S/C17H28N2O2/c18-10-9-15-5-7-17(8-6-15)21-14-12-19(11-2-13-20)16-3-1-4-16/h5-8,16,20H,1-4,9-14,18H2. The van der Waals surface area contributed by atoms with Crippen molar-refractivity contribution in [2.75, 3.05) is 32.8 Å². The van der Waals surface area contributed by atoms with Gasteiger partial charge in [0.05, 0.1) is 0 Å². The lowest BCUT2D eigenvalue weighted by Gasteiger charge is -2.37. The molecule has 0 heterocycles. The number of aliphatic hydroxyl groups excluding tert-OH is 1. The van der Waals surface area contributed by atoms with Gasteiger partial charge in [-0.3, -0.25) is 4.90 Å². The first kappa shape index (κ1) is 16.3. The summed E-state index contributed by atoms with van der Waals surface area (Å²) in [7, 11) is 0. The van der Waals surface area contributed by atoms with Crippen molar-refractivity contribution in [3.05, 3.63) is 29.8 Å². The van der Waals surface area contributed by atoms with Gasteiger partial charge in [-0.25, -0.2) is 0 Å². The maximum Gasteiger partial charge on any atom is 0.119 e. The van der Waals surface area contributed by atoms with E-state index < -0.39 is 0 Å². The van der Waals surface area contributed by atoms with Crippen molar-refractivity contribution >= 4 is 0 Å². The van der Waals surface area contributed by atoms with Gasteiger partial charge in [0.1, 0.15) is 12.4 Å². The van der Waals surface area contributed by atoms with E-state index in [1.807, 2.05) is 12.1 Å². The van der Waals surface area contributed by atoms with Crippen LogP contribution in [0.1, 0.15) is 31.2 Å². The van der Waals surface area contributed by atoms with Gasteiger partial charge in [0.2, 0.25) is 0 Å². The number of aliphatic hydroxyl groups is 1. The zero-order valence-corrected chi connectivity index (χ0v) is 12.8. The summed E-state index contributed by atoms with van der Waals surface area (Å²) in [5, 5.41) is 8.99. The van der Waals surface area contributed by atoms with Gasteiger partial charge in [0.15, 0.2) is 0 Å². The van der Waals surface area contributed by atoms with E-state index in [1.165, 1.54) is 24.8 Å². The van der Waals surface area contributed by atoms with Crippen LogP contribution in [-0.2, 0) is 6.42 Å². The van der Waals surface area contributed by atoms with Crippen LogP contribution in [0.25, 0.3) is 0 Å². The van der Waals surface area contributed by atoms with Gasteiger partial charge in [-0.1, -0.05) is 18.6 Å². The summed E-state index contributed by atoms with van der Waals surface area (Å²) in [5.74, 6) is 0.923. The molecule has 0 bridgehead atoms. The number of rotatable bonds is 10. The molecule has 1 aliphatic carbocycles. The number of nitrogens with zero attached hydrogens (tertiary/aromatic N) is 1. The van der Waals surface area contributed by atoms with Crippen LogP contribution in [0.15, 0.2) is 24.3 Å². The third kappa shape index (κ3) is 5.30. The third-order valence-electron chi connectivity index (χ3n) is 4.20. The summed E-state index contributed by atoms with van der Waals surface area (Å²) in [6.07, 6.45) is 5.68. The molecule has 1 aromatic carbocycles. The smallest absolute Gasteiger partial charge is 0.119 e. The summed E-state index contributed by atoms with van der Waals surface area (Å²) in [5.41, 5.74) is 6.80. The molecule has 1 aliphatic rings. The Labute approximate surface area is 127 Å². The zero-order valence-electron chi connectivity index (χ0n) is 12.8. The fourth-order valence-corrected chi connectivity index (χ4v) is 2.70. The van der Waals surface area contributed by atoms with Crippen LogP contribution in [0.5, 0.6) is 5.75 Å². The van der Waals surface area contributed by atoms with Crippen molar-refractivity contribution in [2.45, 2.75) is 38.1 Å². The number of benzene rings is 1. The van der Waals surface area contributed by atoms with Gasteiger partial charge in [0, 0.05) is 25.7 Å². The van der Waals surface area contributed by atoms with E-state index >= 15 is 0 Å². The lowest BCUT2D eigenvalue weighted by molar-refractivity contribution is 0.0984. The Kier molecular flexibility index (Phi) is 7.00. The molecule has 0 aromatic heterocycles. The Hall–Kier alpha value is -1.10. The Morgan fingerprint density at radius 1 is 1.19 bits per heavy atom. The highest BCUT2D eigenvalue weighted by atomic mass is 16.5. The molecule has 0 saturated heterocycles. The van der Waals surface area contributed by atoms with Crippen molar-refractivity contribution in [3.8, 4) is 5.75 Å². The summed E-state index contributed by atoms with van der Waals surface area (Å²) in [6.45, 7) is 3.57. The molecule has 0 unspecified atom stereocenters. The average Bonchev–Trinajstić information content (AvgIpc) is 2.45. The fourth-order valence-electron chi connectivity index (χ4n) is 2.70. The molecule has 0 aliphatic heterocycles. The van der Waals surface area contributed by atoms with Crippen LogP contribution < -0.4 is 10.5 Å². The first-order valence-electron chi connectivity index (χ1n) is 8.10. The topological polar surface area (TPSA) is 58.7 Å². The van der Waals surface area contributed by atoms with Gasteiger partial charge < -0.3 is 15.6 Å². The summed E-state index contributed by atoms with van der Waals surface area (Å²) >= 11 is 0. The number of hydrogen-bond acceptors (Lipinski definition) is 4. The second-order valence-electron chi connectivity index (χ2n) is 5.73. The van der Waals surface area contributed by atoms with Crippen molar-refractivity contribution in [1.82, 2.24) is 4.90 Å². The molecule has 4 heteroatoms. The lowest BCUT2D eigenvalue weighted by atomic mass is 9.91. The molecule has 21 heavy (non-hydrogen) atoms. The monoisotopic (exact) mass is 292 g/mol. The van der Waals surface area contributed by atoms with Crippen molar-refractivity contribution in [1.29, 1.82) is 0 Å². The van der Waals surface area contributed by atoms with E-state index in [0.717, 1.165) is 31.7 Å². The normalized spacial score (nSPS) is 15.2. The maximum absolute atomic E-state index is 8.99. The predicted octanol–water partition coefficient (Wildman–Crippen LogP) is 1.80. The molecule has 1 aromatic rings. The van der Waals surface area contributed by atoms with Crippen molar-refractivity contribution < 1.29 is 9.84 Å². The highest BCUT2D eigenvalue weighted by Gasteiger charge is 2.24. The minimum absolute atomic E-state index is 0.271. The highest BCUT2D eigenvalue weighted by molar-refractivity contribution is 5.27. The molecular weight excluding hydrogens is 264 g/mol. The van der Waals surface area contributed by atoms with Crippen LogP contribution in [0, 0.1) is 0 Å². The molecule has 2 rings (SSSR count). The molecule has 0 spiro atoms. The third-order valence-corrected chi connectivity index (χ3v) is 4.20. The van der Waals surface area contributed by atoms with Gasteiger partial charge in [-0.15, -0.1) is 0 Å². The number of hydrogen-bond donors (Lipinski definition) is 2.